The summed E-state index contributed by atoms with van der Waals surface area (Å²) in [6.45, 7) is 3.41. The monoisotopic (exact) mass is 631 g/mol. The fourth-order valence-corrected chi connectivity index (χ4v) is 7.33. The molecule has 3 N–H and O–H groups in total. The third-order valence-corrected chi connectivity index (χ3v) is 11.3. The molecule has 0 saturated carbocycles. The lowest BCUT2D eigenvalue weighted by atomic mass is 9.88. The van der Waals surface area contributed by atoms with Gasteiger partial charge in [-0.05, 0) is 69.1 Å². The van der Waals surface area contributed by atoms with Gasteiger partial charge in [0.1, 0.15) is 18.5 Å². The second-order valence-corrected chi connectivity index (χ2v) is 14.4. The van der Waals surface area contributed by atoms with E-state index in [0.29, 0.717) is 43.2 Å². The molecule has 2 heterocycles. The number of hydrogen-bond acceptors (Lipinski definition) is 8. The molecule has 13 heteroatoms. The molecule has 210 valence electrons. The maximum absolute atomic E-state index is 13.1. The van der Waals surface area contributed by atoms with Crippen LogP contribution in [-0.2, 0) is 24.8 Å². The number of piperidine rings is 1. The molecule has 0 radical (unpaired) electrons. The van der Waals surface area contributed by atoms with E-state index in [4.69, 9.17) is 9.47 Å². The highest BCUT2D eigenvalue weighted by molar-refractivity contribution is 9.10. The summed E-state index contributed by atoms with van der Waals surface area (Å²) >= 11 is 3.41. The van der Waals surface area contributed by atoms with Crippen LogP contribution in [0.2, 0.25) is 0 Å². The summed E-state index contributed by atoms with van der Waals surface area (Å²) in [6.07, 6.45) is 1.14. The molecule has 10 nitrogen and oxygen atoms in total. The van der Waals surface area contributed by atoms with Gasteiger partial charge in [-0.1, -0.05) is 22.0 Å². The van der Waals surface area contributed by atoms with Crippen molar-refractivity contribution < 1.29 is 31.4 Å². The Morgan fingerprint density at radius 1 is 1.16 bits per heavy atom. The van der Waals surface area contributed by atoms with E-state index < -0.39 is 26.2 Å². The van der Waals surface area contributed by atoms with Crippen LogP contribution in [0.4, 0.5) is 0 Å². The van der Waals surface area contributed by atoms with Gasteiger partial charge in [-0.25, -0.2) is 21.6 Å². The Morgan fingerprint density at radius 2 is 1.89 bits per heavy atom. The number of aryl methyl sites for hydroxylation is 1. The van der Waals surface area contributed by atoms with Gasteiger partial charge in [0.2, 0.25) is 20.0 Å². The highest BCUT2D eigenvalue weighted by Gasteiger charge is 2.44. The standard InChI is InChI=1S/C25H34BrN3O7S2/c1-18-12-23(6-7-24(18)26)38(33,34)29-10-8-25(9-11-29)14-19(16-36-25)28-15-20(30)17-35-21-4-3-5-22(13-21)37(31,32)27-2/h3-7,12-13,19-20,27-28,30H,8-11,14-17H2,1-2H3/t19-,20?/m0/s1. The van der Waals surface area contributed by atoms with Crippen LogP contribution in [0, 0.1) is 6.92 Å². The molecule has 0 aromatic heterocycles. The Balaban J connectivity index is 1.23. The first-order valence-electron chi connectivity index (χ1n) is 12.4. The van der Waals surface area contributed by atoms with Crippen molar-refractivity contribution in [3.05, 3.63) is 52.5 Å². The van der Waals surface area contributed by atoms with E-state index in [0.717, 1.165) is 16.5 Å². The zero-order valence-electron chi connectivity index (χ0n) is 21.4. The van der Waals surface area contributed by atoms with E-state index >= 15 is 0 Å². The van der Waals surface area contributed by atoms with Crippen LogP contribution >= 0.6 is 15.9 Å². The predicted molar refractivity (Wildman–Crippen MR) is 146 cm³/mol. The molecule has 2 atom stereocenters. The molecule has 4 rings (SSSR count). The van der Waals surface area contributed by atoms with E-state index in [-0.39, 0.29) is 29.7 Å². The van der Waals surface area contributed by atoms with Crippen LogP contribution < -0.4 is 14.8 Å². The molecule has 0 aliphatic carbocycles. The Bertz CT molecular complexity index is 1350. The van der Waals surface area contributed by atoms with Gasteiger partial charge < -0.3 is 19.9 Å². The van der Waals surface area contributed by atoms with E-state index in [1.54, 1.807) is 30.3 Å². The Morgan fingerprint density at radius 3 is 2.58 bits per heavy atom. The van der Waals surface area contributed by atoms with Gasteiger partial charge in [0, 0.05) is 36.2 Å². The van der Waals surface area contributed by atoms with Crippen molar-refractivity contribution in [2.75, 3.05) is 39.9 Å². The molecule has 2 aromatic rings. The number of hydrogen-bond donors (Lipinski definition) is 3. The minimum Gasteiger partial charge on any atom is -0.491 e. The van der Waals surface area contributed by atoms with Crippen molar-refractivity contribution in [2.24, 2.45) is 0 Å². The van der Waals surface area contributed by atoms with Crippen molar-refractivity contribution in [1.82, 2.24) is 14.3 Å². The van der Waals surface area contributed by atoms with Crippen LogP contribution in [-0.4, -0.2) is 83.9 Å². The molecule has 0 bridgehead atoms. The van der Waals surface area contributed by atoms with Crippen LogP contribution in [0.1, 0.15) is 24.8 Å². The summed E-state index contributed by atoms with van der Waals surface area (Å²) in [5.74, 6) is 0.350. The fraction of sp³-hybridized carbons (Fsp3) is 0.520. The number of nitrogens with zero attached hydrogens (tertiary/aromatic N) is 1. The molecule has 1 spiro atoms. The molecule has 2 saturated heterocycles. The van der Waals surface area contributed by atoms with E-state index in [2.05, 4.69) is 26.0 Å². The van der Waals surface area contributed by atoms with Crippen molar-refractivity contribution in [3.63, 3.8) is 0 Å². The number of nitrogens with one attached hydrogen (secondary N) is 2. The van der Waals surface area contributed by atoms with Crippen molar-refractivity contribution >= 4 is 36.0 Å². The average Bonchev–Trinajstić information content (AvgIpc) is 3.30. The van der Waals surface area contributed by atoms with Gasteiger partial charge in [-0.3, -0.25) is 0 Å². The van der Waals surface area contributed by atoms with Gasteiger partial charge in [-0.2, -0.15) is 4.31 Å². The number of halogens is 1. The molecule has 1 unspecified atom stereocenters. The molecule has 2 aliphatic heterocycles. The number of sulfonamides is 2. The molecule has 2 aromatic carbocycles. The minimum atomic E-state index is -3.58. The first-order chi connectivity index (χ1) is 17.9. The smallest absolute Gasteiger partial charge is 0.243 e. The van der Waals surface area contributed by atoms with Crippen molar-refractivity contribution in [3.8, 4) is 5.75 Å². The number of aliphatic hydroxyl groups is 1. The average molecular weight is 633 g/mol. The SMILES string of the molecule is CNS(=O)(=O)c1cccc(OCC(O)CN[C@@H]2COC3(CCN(S(=O)(=O)c4ccc(Br)c(C)c4)CC3)C2)c1. The first kappa shape index (κ1) is 29.4. The Hall–Kier alpha value is -1.58. The summed E-state index contributed by atoms with van der Waals surface area (Å²) in [5.41, 5.74) is 0.496. The van der Waals surface area contributed by atoms with Gasteiger partial charge in [0.25, 0.3) is 0 Å². The number of ether oxygens (including phenoxy) is 2. The largest absolute Gasteiger partial charge is 0.491 e. The third kappa shape index (κ3) is 6.76. The quantitative estimate of drug-likeness (QED) is 0.363. The fourth-order valence-electron chi connectivity index (χ4n) is 4.79. The van der Waals surface area contributed by atoms with Gasteiger partial charge in [0.05, 0.1) is 22.0 Å². The van der Waals surface area contributed by atoms with Crippen LogP contribution in [0.5, 0.6) is 5.75 Å². The van der Waals surface area contributed by atoms with Crippen LogP contribution in [0.25, 0.3) is 0 Å². The highest BCUT2D eigenvalue weighted by atomic mass is 79.9. The second kappa shape index (κ2) is 11.9. The van der Waals surface area contributed by atoms with Crippen LogP contribution in [0.3, 0.4) is 0 Å². The lowest BCUT2D eigenvalue weighted by Crippen LogP contribution is -2.47. The second-order valence-electron chi connectivity index (χ2n) is 9.77. The summed E-state index contributed by atoms with van der Waals surface area (Å²) in [7, 11) is -5.81. The molecule has 38 heavy (non-hydrogen) atoms. The van der Waals surface area contributed by atoms with Gasteiger partial charge in [-0.15, -0.1) is 0 Å². The Labute approximate surface area is 232 Å². The lowest BCUT2D eigenvalue weighted by Gasteiger charge is -2.38. The molecule has 2 aliphatic rings. The topological polar surface area (TPSA) is 134 Å². The maximum atomic E-state index is 13.1. The normalized spacial score (nSPS) is 21.0. The highest BCUT2D eigenvalue weighted by Crippen LogP contribution is 2.37. The first-order valence-corrected chi connectivity index (χ1v) is 16.1. The van der Waals surface area contributed by atoms with Gasteiger partial charge in [0.15, 0.2) is 0 Å². The third-order valence-electron chi connectivity index (χ3n) is 7.08. The van der Waals surface area contributed by atoms with Crippen molar-refractivity contribution in [1.29, 1.82) is 0 Å². The zero-order chi connectivity index (χ0) is 27.6. The van der Waals surface area contributed by atoms with E-state index in [9.17, 15) is 21.9 Å². The molecule has 2 fully saturated rings. The summed E-state index contributed by atoms with van der Waals surface area (Å²) in [5, 5.41) is 13.7. The minimum absolute atomic E-state index is 0.00285. The number of rotatable bonds is 10. The summed E-state index contributed by atoms with van der Waals surface area (Å²) in [4.78, 5) is 0.386. The van der Waals surface area contributed by atoms with Gasteiger partial charge >= 0.3 is 0 Å². The molecular formula is C25H34BrN3O7S2. The Kier molecular flexibility index (Phi) is 9.20. The number of aliphatic hydroxyl groups excluding tert-OH is 1. The predicted octanol–water partition coefficient (Wildman–Crippen LogP) is 2.01. The molecule has 0 amide bonds. The number of benzene rings is 2. The maximum Gasteiger partial charge on any atom is 0.243 e. The summed E-state index contributed by atoms with van der Waals surface area (Å²) < 4.78 is 66.6. The van der Waals surface area contributed by atoms with Crippen molar-refractivity contribution in [2.45, 2.75) is 53.7 Å². The summed E-state index contributed by atoms with van der Waals surface area (Å²) in [6, 6.07) is 11.2. The van der Waals surface area contributed by atoms with Crippen LogP contribution in [0.15, 0.2) is 56.7 Å². The van der Waals surface area contributed by atoms with E-state index in [1.807, 2.05) is 6.92 Å². The zero-order valence-corrected chi connectivity index (χ0v) is 24.6. The molecular weight excluding hydrogens is 598 g/mol. The lowest BCUT2D eigenvalue weighted by molar-refractivity contribution is -0.0312. The van der Waals surface area contributed by atoms with E-state index in [1.165, 1.54) is 23.5 Å².